The lowest BCUT2D eigenvalue weighted by atomic mass is 9.98. The Morgan fingerprint density at radius 3 is 2.70 bits per heavy atom. The van der Waals surface area contributed by atoms with Crippen LogP contribution in [0, 0.1) is 5.21 Å². The van der Waals surface area contributed by atoms with Crippen LogP contribution in [-0.2, 0) is 9.47 Å². The van der Waals surface area contributed by atoms with E-state index in [1.54, 1.807) is 20.8 Å². The molecule has 2 N–H and O–H groups in total. The highest BCUT2D eigenvalue weighted by molar-refractivity contribution is 8.13. The highest BCUT2D eigenvalue weighted by Crippen LogP contribution is 2.33. The number of anilines is 1. The number of para-hydroxylation sites is 1. The van der Waals surface area contributed by atoms with Gasteiger partial charge in [0.1, 0.15) is 18.2 Å². The number of alkyl carbamates (subject to hydrolysis) is 1. The van der Waals surface area contributed by atoms with Crippen LogP contribution in [-0.4, -0.2) is 63.2 Å². The van der Waals surface area contributed by atoms with Gasteiger partial charge in [0.25, 0.3) is 0 Å². The number of amides is 1. The number of alkyl halides is 3. The van der Waals surface area contributed by atoms with Crippen LogP contribution in [0.2, 0.25) is 0 Å². The number of hydrogen-bond acceptors (Lipinski definition) is 7. The summed E-state index contributed by atoms with van der Waals surface area (Å²) in [5.41, 5.74) is 1.55. The fourth-order valence-electron chi connectivity index (χ4n) is 3.09. The minimum atomic E-state index is -1.73. The lowest BCUT2D eigenvalue weighted by Crippen LogP contribution is -2.43. The number of thioether (sulfide) groups is 1. The molecule has 0 bridgehead atoms. The van der Waals surface area contributed by atoms with Crippen molar-refractivity contribution in [3.63, 3.8) is 0 Å². The number of halogens is 3. The number of hydroxylamine groups is 1. The van der Waals surface area contributed by atoms with Gasteiger partial charge in [0.05, 0.1) is 0 Å². The average molecular weight is 541 g/mol. The van der Waals surface area contributed by atoms with Gasteiger partial charge in [0, 0.05) is 30.3 Å². The zero-order valence-corrected chi connectivity index (χ0v) is 21.7. The normalized spacial score (nSPS) is 17.0. The van der Waals surface area contributed by atoms with E-state index < -0.39 is 33.4 Å². The maximum absolute atomic E-state index is 12.6. The molecule has 0 fully saturated rings. The minimum Gasteiger partial charge on any atom is -0.624 e. The van der Waals surface area contributed by atoms with Crippen LogP contribution in [0.3, 0.4) is 0 Å². The van der Waals surface area contributed by atoms with Gasteiger partial charge in [-0.3, -0.25) is 0 Å². The number of nitrogens with zero attached hydrogens (tertiary/aromatic N) is 1. The molecule has 0 spiro atoms. The summed E-state index contributed by atoms with van der Waals surface area (Å²) in [4.78, 5) is 24.1. The van der Waals surface area contributed by atoms with Crippen molar-refractivity contribution in [1.29, 1.82) is 0 Å². The van der Waals surface area contributed by atoms with Gasteiger partial charge >= 0.3 is 11.4 Å². The molecule has 0 saturated heterocycles. The van der Waals surface area contributed by atoms with E-state index in [2.05, 4.69) is 10.6 Å². The molecule has 1 aromatic carbocycles. The van der Waals surface area contributed by atoms with Crippen LogP contribution in [0.15, 0.2) is 24.3 Å². The molecule has 1 aliphatic rings. The first-order valence-electron chi connectivity index (χ1n) is 10.3. The van der Waals surface area contributed by atoms with Crippen molar-refractivity contribution in [3.05, 3.63) is 35.0 Å². The summed E-state index contributed by atoms with van der Waals surface area (Å²) in [6.45, 7) is 5.74. The molecule has 33 heavy (non-hydrogen) atoms. The molecule has 12 heteroatoms. The number of ether oxygens (including phenoxy) is 2. The van der Waals surface area contributed by atoms with Gasteiger partial charge in [0.15, 0.2) is 12.8 Å². The summed E-state index contributed by atoms with van der Waals surface area (Å²) < 4.78 is 9.15. The molecular weight excluding hydrogens is 513 g/mol. The maximum Gasteiger partial charge on any atom is 0.408 e. The van der Waals surface area contributed by atoms with Gasteiger partial charge in [-0.25, -0.2) is 14.3 Å². The molecule has 1 aromatic rings. The van der Waals surface area contributed by atoms with Gasteiger partial charge in [-0.1, -0.05) is 53.0 Å². The topological polar surface area (TPSA) is 103 Å². The number of benzene rings is 1. The van der Waals surface area contributed by atoms with E-state index in [1.807, 2.05) is 24.3 Å². The van der Waals surface area contributed by atoms with Gasteiger partial charge in [-0.15, -0.1) is 0 Å². The third-order valence-electron chi connectivity index (χ3n) is 4.42. The lowest BCUT2D eigenvalue weighted by Gasteiger charge is -2.21. The van der Waals surface area contributed by atoms with Crippen LogP contribution in [0.4, 0.5) is 15.3 Å². The molecule has 1 unspecified atom stereocenters. The molecule has 2 atom stereocenters. The molecule has 0 aromatic heterocycles. The molecule has 1 heterocycles. The van der Waals surface area contributed by atoms with E-state index in [0.717, 1.165) is 28.7 Å². The number of hydrogen-bond donors (Lipinski definition) is 2. The van der Waals surface area contributed by atoms with Gasteiger partial charge in [0.2, 0.25) is 3.79 Å². The van der Waals surface area contributed by atoms with E-state index in [0.29, 0.717) is 6.42 Å². The van der Waals surface area contributed by atoms with E-state index in [9.17, 15) is 14.8 Å². The Bertz CT molecular complexity index is 858. The van der Waals surface area contributed by atoms with Crippen molar-refractivity contribution in [3.8, 4) is 0 Å². The van der Waals surface area contributed by atoms with E-state index in [-0.39, 0.29) is 18.2 Å². The van der Waals surface area contributed by atoms with E-state index >= 15 is 0 Å². The van der Waals surface area contributed by atoms with Crippen molar-refractivity contribution >= 4 is 69.9 Å². The van der Waals surface area contributed by atoms with Gasteiger partial charge in [-0.2, -0.15) is 0 Å². The maximum atomic E-state index is 12.6. The Balaban J connectivity index is 1.96. The van der Waals surface area contributed by atoms with Crippen molar-refractivity contribution in [2.24, 2.45) is 0 Å². The van der Waals surface area contributed by atoms with Crippen LogP contribution in [0.1, 0.15) is 38.7 Å². The number of nitrogens with one attached hydrogen (secondary N) is 2. The first kappa shape index (κ1) is 27.7. The van der Waals surface area contributed by atoms with Crippen LogP contribution in [0.5, 0.6) is 0 Å². The summed E-state index contributed by atoms with van der Waals surface area (Å²) in [5, 5.41) is 17.8. The van der Waals surface area contributed by atoms with Crippen molar-refractivity contribution in [1.82, 2.24) is 5.32 Å². The SMILES string of the molecule is CC(C)(C)OC(=O)N[C@H](/C=[N+](\[O-])CCC1CNc2ccccc21)CSC(=O)OCC(Cl)(Cl)Cl. The Hall–Kier alpha value is -1.55. The zero-order valence-electron chi connectivity index (χ0n) is 18.6. The second-order valence-corrected chi connectivity index (χ2v) is 11.9. The van der Waals surface area contributed by atoms with Gasteiger partial charge in [-0.05, 0) is 44.2 Å². The third kappa shape index (κ3) is 10.9. The summed E-state index contributed by atoms with van der Waals surface area (Å²) in [5.74, 6) is 0.249. The Morgan fingerprint density at radius 2 is 2.03 bits per heavy atom. The molecule has 0 saturated carbocycles. The van der Waals surface area contributed by atoms with E-state index in [1.165, 1.54) is 11.8 Å². The van der Waals surface area contributed by atoms with Crippen LogP contribution < -0.4 is 10.6 Å². The summed E-state index contributed by atoms with van der Waals surface area (Å²) in [7, 11) is 0. The Morgan fingerprint density at radius 1 is 1.33 bits per heavy atom. The monoisotopic (exact) mass is 539 g/mol. The van der Waals surface area contributed by atoms with Crippen LogP contribution >= 0.6 is 46.6 Å². The smallest absolute Gasteiger partial charge is 0.408 e. The predicted molar refractivity (Wildman–Crippen MR) is 134 cm³/mol. The molecule has 0 aliphatic carbocycles. The zero-order chi connectivity index (χ0) is 24.6. The predicted octanol–water partition coefficient (Wildman–Crippen LogP) is 5.30. The van der Waals surface area contributed by atoms with Crippen molar-refractivity contribution < 1.29 is 23.8 Å². The number of fused-ring (bicyclic) bond motifs is 1. The van der Waals surface area contributed by atoms with Crippen molar-refractivity contribution in [2.45, 2.75) is 48.5 Å². The fourth-order valence-corrected chi connectivity index (χ4v) is 3.89. The molecule has 1 aliphatic heterocycles. The summed E-state index contributed by atoms with van der Waals surface area (Å²) >= 11 is 17.5. The molecule has 1 amide bonds. The second kappa shape index (κ2) is 12.2. The van der Waals surface area contributed by atoms with E-state index in [4.69, 9.17) is 44.3 Å². The Labute approximate surface area is 212 Å². The first-order chi connectivity index (χ1) is 15.3. The standard InChI is InChI=1S/C21H28Cl3N3O5S/c1-20(2,3)32-18(28)26-15(12-33-19(29)31-13-21(22,23)24)11-27(30)9-8-14-10-25-17-7-5-4-6-16(14)17/h4-7,11,14-15,25H,8-10,12-13H2,1-3H3,(H,26,28)/b27-11-/t14?,15-/m1/s1. The first-order valence-corrected chi connectivity index (χ1v) is 12.4. The quantitative estimate of drug-likeness (QED) is 0.115. The minimum absolute atomic E-state index is 0.0322. The number of carbonyl (C=O) groups is 2. The lowest BCUT2D eigenvalue weighted by molar-refractivity contribution is -0.455. The average Bonchev–Trinajstić information content (AvgIpc) is 3.10. The number of carbonyl (C=O) groups excluding carboxylic acids is 2. The molecule has 184 valence electrons. The van der Waals surface area contributed by atoms with Gasteiger partial charge < -0.3 is 25.3 Å². The Kier molecular flexibility index (Phi) is 10.3. The molecule has 2 rings (SSSR count). The summed E-state index contributed by atoms with van der Waals surface area (Å²) in [6.07, 6.45) is 1.23. The largest absolute Gasteiger partial charge is 0.624 e. The third-order valence-corrected chi connectivity index (χ3v) is 5.63. The van der Waals surface area contributed by atoms with Crippen molar-refractivity contribution in [2.75, 3.05) is 30.8 Å². The molecule has 8 nitrogen and oxygen atoms in total. The summed E-state index contributed by atoms with van der Waals surface area (Å²) in [6, 6.07) is 7.21. The number of rotatable bonds is 8. The fraction of sp³-hybridized carbons (Fsp3) is 0.571. The highest BCUT2D eigenvalue weighted by Gasteiger charge is 2.26. The van der Waals surface area contributed by atoms with Crippen LogP contribution in [0.25, 0.3) is 0 Å². The molecule has 0 radical (unpaired) electrons. The second-order valence-electron chi connectivity index (χ2n) is 8.46. The molecular formula is C21H28Cl3N3O5S. The highest BCUT2D eigenvalue weighted by atomic mass is 35.6.